The SMILES string of the molecule is O=S(=O)(c1ccc(-c2ccnc(CO)c2)cc1)C1CCC(Nc2ccc(C(F)(F)F)cn2)CC1. The van der Waals surface area contributed by atoms with Gasteiger partial charge in [-0.1, -0.05) is 12.1 Å². The molecule has 0 amide bonds. The average Bonchev–Trinajstić information content (AvgIpc) is 2.84. The number of halogens is 3. The van der Waals surface area contributed by atoms with E-state index in [1.807, 2.05) is 0 Å². The molecule has 2 aromatic heterocycles. The molecule has 1 fully saturated rings. The van der Waals surface area contributed by atoms with Crippen LogP contribution in [-0.2, 0) is 22.6 Å². The minimum atomic E-state index is -4.43. The Hall–Kier alpha value is -2.98. The highest BCUT2D eigenvalue weighted by Gasteiger charge is 2.33. The number of hydrogen-bond donors (Lipinski definition) is 2. The van der Waals surface area contributed by atoms with E-state index >= 15 is 0 Å². The number of pyridine rings is 2. The summed E-state index contributed by atoms with van der Waals surface area (Å²) in [4.78, 5) is 8.14. The zero-order valence-corrected chi connectivity index (χ0v) is 19.0. The molecule has 4 rings (SSSR count). The highest BCUT2D eigenvalue weighted by atomic mass is 32.2. The summed E-state index contributed by atoms with van der Waals surface area (Å²) in [5.41, 5.74) is 1.39. The molecule has 0 saturated heterocycles. The second-order valence-electron chi connectivity index (χ2n) is 8.31. The molecule has 0 radical (unpaired) electrons. The summed E-state index contributed by atoms with van der Waals surface area (Å²) in [6.45, 7) is -0.174. The van der Waals surface area contributed by atoms with E-state index in [0.29, 0.717) is 37.2 Å². The van der Waals surface area contributed by atoms with Crippen LogP contribution in [0.3, 0.4) is 0 Å². The quantitative estimate of drug-likeness (QED) is 0.512. The van der Waals surface area contributed by atoms with Crippen LogP contribution < -0.4 is 5.32 Å². The molecule has 0 spiro atoms. The van der Waals surface area contributed by atoms with Gasteiger partial charge in [-0.15, -0.1) is 0 Å². The fourth-order valence-electron chi connectivity index (χ4n) is 4.15. The number of aliphatic hydroxyl groups is 1. The van der Waals surface area contributed by atoms with Crippen LogP contribution in [0.4, 0.5) is 19.0 Å². The van der Waals surface area contributed by atoms with Crippen molar-refractivity contribution in [2.45, 2.75) is 54.7 Å². The molecule has 1 aromatic carbocycles. The molecule has 10 heteroatoms. The second kappa shape index (κ2) is 9.71. The number of anilines is 1. The van der Waals surface area contributed by atoms with Gasteiger partial charge in [0.25, 0.3) is 0 Å². The molecule has 34 heavy (non-hydrogen) atoms. The maximum absolute atomic E-state index is 13.1. The molecule has 0 unspecified atom stereocenters. The molecule has 180 valence electrons. The Bertz CT molecular complexity index is 1220. The zero-order valence-electron chi connectivity index (χ0n) is 18.2. The van der Waals surface area contributed by atoms with Crippen LogP contribution in [0.25, 0.3) is 11.1 Å². The summed E-state index contributed by atoms with van der Waals surface area (Å²) in [5, 5.41) is 11.8. The van der Waals surface area contributed by atoms with Gasteiger partial charge in [0, 0.05) is 18.4 Å². The Kier molecular flexibility index (Phi) is 6.90. The van der Waals surface area contributed by atoms with Gasteiger partial charge in [0.1, 0.15) is 5.82 Å². The van der Waals surface area contributed by atoms with Gasteiger partial charge < -0.3 is 10.4 Å². The Morgan fingerprint density at radius 1 is 0.941 bits per heavy atom. The summed E-state index contributed by atoms with van der Waals surface area (Å²) < 4.78 is 64.3. The van der Waals surface area contributed by atoms with Crippen LogP contribution in [0, 0.1) is 0 Å². The van der Waals surface area contributed by atoms with Crippen LogP contribution in [-0.4, -0.2) is 34.8 Å². The van der Waals surface area contributed by atoms with Crippen molar-refractivity contribution >= 4 is 15.7 Å². The highest BCUT2D eigenvalue weighted by molar-refractivity contribution is 7.92. The lowest BCUT2D eigenvalue weighted by Crippen LogP contribution is -2.33. The van der Waals surface area contributed by atoms with Gasteiger partial charge >= 0.3 is 6.18 Å². The molecule has 2 N–H and O–H groups in total. The molecule has 1 saturated carbocycles. The Balaban J connectivity index is 1.38. The van der Waals surface area contributed by atoms with Crippen LogP contribution in [0.5, 0.6) is 0 Å². The fourth-order valence-corrected chi connectivity index (χ4v) is 5.94. The first kappa shape index (κ1) is 24.2. The number of rotatable bonds is 6. The number of nitrogens with zero attached hydrogens (tertiary/aromatic N) is 2. The lowest BCUT2D eigenvalue weighted by Gasteiger charge is -2.29. The van der Waals surface area contributed by atoms with Gasteiger partial charge in [-0.3, -0.25) is 4.98 Å². The third-order valence-corrected chi connectivity index (χ3v) is 8.33. The molecular formula is C24H24F3N3O3S. The van der Waals surface area contributed by atoms with Crippen LogP contribution in [0.2, 0.25) is 0 Å². The fraction of sp³-hybridized carbons (Fsp3) is 0.333. The maximum Gasteiger partial charge on any atom is 0.417 e. The van der Waals surface area contributed by atoms with Gasteiger partial charge in [-0.05, 0) is 73.2 Å². The van der Waals surface area contributed by atoms with E-state index in [4.69, 9.17) is 0 Å². The van der Waals surface area contributed by atoms with Gasteiger partial charge in [-0.2, -0.15) is 13.2 Å². The van der Waals surface area contributed by atoms with Gasteiger partial charge in [0.2, 0.25) is 0 Å². The lowest BCUT2D eigenvalue weighted by molar-refractivity contribution is -0.137. The number of nitrogens with one attached hydrogen (secondary N) is 1. The number of hydrogen-bond acceptors (Lipinski definition) is 6. The molecule has 6 nitrogen and oxygen atoms in total. The minimum Gasteiger partial charge on any atom is -0.390 e. The Labute approximate surface area is 195 Å². The van der Waals surface area contributed by atoms with Crippen LogP contribution in [0.1, 0.15) is 36.9 Å². The van der Waals surface area contributed by atoms with Gasteiger partial charge in [-0.25, -0.2) is 13.4 Å². The first-order valence-electron chi connectivity index (χ1n) is 10.9. The van der Waals surface area contributed by atoms with E-state index < -0.39 is 26.8 Å². The van der Waals surface area contributed by atoms with Crippen molar-refractivity contribution in [3.63, 3.8) is 0 Å². The normalized spacial score (nSPS) is 19.1. The lowest BCUT2D eigenvalue weighted by atomic mass is 9.95. The third kappa shape index (κ3) is 5.39. The Morgan fingerprint density at radius 2 is 1.65 bits per heavy atom. The van der Waals surface area contributed by atoms with Crippen molar-refractivity contribution in [2.75, 3.05) is 5.32 Å². The van der Waals surface area contributed by atoms with Crippen molar-refractivity contribution < 1.29 is 26.7 Å². The number of aliphatic hydroxyl groups excluding tert-OH is 1. The van der Waals surface area contributed by atoms with E-state index in [9.17, 15) is 26.7 Å². The predicted molar refractivity (Wildman–Crippen MR) is 122 cm³/mol. The second-order valence-corrected chi connectivity index (χ2v) is 10.5. The predicted octanol–water partition coefficient (Wildman–Crippen LogP) is 4.85. The first-order valence-corrected chi connectivity index (χ1v) is 12.4. The van der Waals surface area contributed by atoms with E-state index in [1.54, 1.807) is 42.6 Å². The molecular weight excluding hydrogens is 467 g/mol. The van der Waals surface area contributed by atoms with Crippen molar-refractivity contribution in [2.24, 2.45) is 0 Å². The summed E-state index contributed by atoms with van der Waals surface area (Å²) in [6.07, 6.45) is 0.00414. The molecule has 2 heterocycles. The monoisotopic (exact) mass is 491 g/mol. The smallest absolute Gasteiger partial charge is 0.390 e. The molecule has 0 bridgehead atoms. The standard InChI is InChI=1S/C24H24F3N3O3S/c25-24(26,27)18-3-10-23(29-14-18)30-19-4-8-22(9-5-19)34(32,33)21-6-1-16(2-7-21)17-11-12-28-20(13-17)15-31/h1-3,6-7,10-14,19,22,31H,4-5,8-9,15H2,(H,29,30). The summed E-state index contributed by atoms with van der Waals surface area (Å²) >= 11 is 0. The number of sulfone groups is 1. The van der Waals surface area contributed by atoms with Gasteiger partial charge in [0.15, 0.2) is 9.84 Å². The molecule has 3 aromatic rings. The zero-order chi connectivity index (χ0) is 24.3. The topological polar surface area (TPSA) is 92.2 Å². The van der Waals surface area contributed by atoms with Crippen molar-refractivity contribution in [3.8, 4) is 11.1 Å². The third-order valence-electron chi connectivity index (χ3n) is 6.05. The van der Waals surface area contributed by atoms with Crippen LogP contribution >= 0.6 is 0 Å². The molecule has 0 atom stereocenters. The summed E-state index contributed by atoms with van der Waals surface area (Å²) in [6, 6.07) is 12.4. The number of benzene rings is 1. The molecule has 1 aliphatic rings. The van der Waals surface area contributed by atoms with E-state index in [-0.39, 0.29) is 17.5 Å². The van der Waals surface area contributed by atoms with E-state index in [0.717, 1.165) is 23.4 Å². The largest absolute Gasteiger partial charge is 0.417 e. The van der Waals surface area contributed by atoms with E-state index in [1.165, 1.54) is 6.07 Å². The highest BCUT2D eigenvalue weighted by Crippen LogP contribution is 2.32. The van der Waals surface area contributed by atoms with Crippen molar-refractivity contribution in [1.29, 1.82) is 0 Å². The van der Waals surface area contributed by atoms with Crippen molar-refractivity contribution in [3.05, 3.63) is 72.2 Å². The molecule has 1 aliphatic carbocycles. The summed E-state index contributed by atoms with van der Waals surface area (Å²) in [5.74, 6) is 0.343. The van der Waals surface area contributed by atoms with Gasteiger partial charge in [0.05, 0.1) is 28.0 Å². The first-order chi connectivity index (χ1) is 16.2. The number of alkyl halides is 3. The summed E-state index contributed by atoms with van der Waals surface area (Å²) in [7, 11) is -3.51. The Morgan fingerprint density at radius 3 is 2.24 bits per heavy atom. The maximum atomic E-state index is 13.1. The van der Waals surface area contributed by atoms with E-state index in [2.05, 4.69) is 15.3 Å². The molecule has 0 aliphatic heterocycles. The van der Waals surface area contributed by atoms with Crippen molar-refractivity contribution in [1.82, 2.24) is 9.97 Å². The minimum absolute atomic E-state index is 0.0505. The number of aromatic nitrogens is 2. The van der Waals surface area contributed by atoms with Crippen LogP contribution in [0.15, 0.2) is 65.8 Å². The average molecular weight is 492 g/mol.